The van der Waals surface area contributed by atoms with Crippen molar-refractivity contribution in [2.24, 2.45) is 5.73 Å². The molecule has 0 bridgehead atoms. The fourth-order valence-corrected chi connectivity index (χ4v) is 3.25. The minimum Gasteiger partial charge on any atom is -0.480 e. The van der Waals surface area contributed by atoms with E-state index in [1.807, 2.05) is 6.07 Å². The maximum absolute atomic E-state index is 12.5. The van der Waals surface area contributed by atoms with Crippen LogP contribution < -0.4 is 21.7 Å². The lowest BCUT2D eigenvalue weighted by atomic mass is 10.1. The summed E-state index contributed by atoms with van der Waals surface area (Å²) in [6, 6.07) is 8.65. The predicted molar refractivity (Wildman–Crippen MR) is 115 cm³/mol. The van der Waals surface area contributed by atoms with Crippen LogP contribution in [0.4, 0.5) is 4.79 Å². The number of carboxylic acid groups (broad SMARTS) is 1. The molecule has 12 heteroatoms. The number of hydrogen-bond donors (Lipinski definition) is 5. The molecule has 2 aromatic carbocycles. The molecule has 0 aliphatic heterocycles. The van der Waals surface area contributed by atoms with E-state index in [1.54, 1.807) is 24.3 Å². The highest BCUT2D eigenvalue weighted by molar-refractivity contribution is 6.40. The van der Waals surface area contributed by atoms with Crippen LogP contribution in [-0.2, 0) is 11.3 Å². The number of nitrogens with zero attached hydrogens (tertiary/aromatic N) is 1. The number of nitrogens with two attached hydrogens (primary N) is 1. The summed E-state index contributed by atoms with van der Waals surface area (Å²) in [5.41, 5.74) is 5.88. The van der Waals surface area contributed by atoms with Crippen molar-refractivity contribution in [3.05, 3.63) is 68.7 Å². The quantitative estimate of drug-likeness (QED) is 0.386. The second-order valence-electron chi connectivity index (χ2n) is 6.42. The Kier molecular flexibility index (Phi) is 8.40. The zero-order valence-corrected chi connectivity index (χ0v) is 17.8. The summed E-state index contributed by atoms with van der Waals surface area (Å²) in [5.74, 6) is -2.87. The van der Waals surface area contributed by atoms with Crippen LogP contribution in [-0.4, -0.2) is 41.5 Å². The van der Waals surface area contributed by atoms with Crippen molar-refractivity contribution < 1.29 is 24.3 Å². The number of halogens is 2. The van der Waals surface area contributed by atoms with Crippen molar-refractivity contribution in [2.45, 2.75) is 12.6 Å². The van der Waals surface area contributed by atoms with Gasteiger partial charge in [0.1, 0.15) is 6.04 Å². The molecule has 0 saturated carbocycles. The van der Waals surface area contributed by atoms with Gasteiger partial charge in [-0.3, -0.25) is 9.59 Å². The average Bonchev–Trinajstić information content (AvgIpc) is 2.74. The lowest BCUT2D eigenvalue weighted by Crippen LogP contribution is -2.49. The van der Waals surface area contributed by atoms with Gasteiger partial charge in [0, 0.05) is 12.1 Å². The van der Waals surface area contributed by atoms with Gasteiger partial charge in [-0.2, -0.15) is 5.26 Å². The van der Waals surface area contributed by atoms with E-state index in [0.717, 1.165) is 0 Å². The Balaban J connectivity index is 2.13. The fourth-order valence-electron chi connectivity index (χ4n) is 2.59. The predicted octanol–water partition coefficient (Wildman–Crippen LogP) is 1.65. The highest BCUT2D eigenvalue weighted by Gasteiger charge is 2.25. The molecule has 166 valence electrons. The van der Waals surface area contributed by atoms with E-state index in [4.69, 9.17) is 34.2 Å². The van der Waals surface area contributed by atoms with Crippen LogP contribution in [0.5, 0.6) is 0 Å². The zero-order valence-electron chi connectivity index (χ0n) is 16.3. The van der Waals surface area contributed by atoms with E-state index in [9.17, 15) is 24.3 Å². The monoisotopic (exact) mass is 477 g/mol. The van der Waals surface area contributed by atoms with Gasteiger partial charge in [-0.05, 0) is 29.8 Å². The van der Waals surface area contributed by atoms with Crippen molar-refractivity contribution in [3.8, 4) is 6.07 Å². The van der Waals surface area contributed by atoms with Crippen molar-refractivity contribution in [1.29, 1.82) is 5.26 Å². The maximum Gasteiger partial charge on any atom is 0.328 e. The lowest BCUT2D eigenvalue weighted by molar-refractivity contribution is -0.139. The third-order valence-corrected chi connectivity index (χ3v) is 4.72. The topological polar surface area (TPSA) is 174 Å². The van der Waals surface area contributed by atoms with Gasteiger partial charge in [-0.25, -0.2) is 9.59 Å². The molecule has 4 amide bonds. The summed E-state index contributed by atoms with van der Waals surface area (Å²) in [6.07, 6.45) is 0. The van der Waals surface area contributed by atoms with E-state index in [1.165, 1.54) is 12.1 Å². The molecule has 1 atom stereocenters. The second kappa shape index (κ2) is 11.0. The first-order valence-electron chi connectivity index (χ1n) is 8.95. The highest BCUT2D eigenvalue weighted by atomic mass is 35.5. The van der Waals surface area contributed by atoms with Crippen LogP contribution in [0, 0.1) is 11.3 Å². The van der Waals surface area contributed by atoms with Gasteiger partial charge < -0.3 is 26.8 Å². The number of rotatable bonds is 8. The van der Waals surface area contributed by atoms with Crippen LogP contribution in [0.1, 0.15) is 31.8 Å². The highest BCUT2D eigenvalue weighted by Crippen LogP contribution is 2.27. The first kappa shape index (κ1) is 24.5. The Bertz CT molecular complexity index is 1090. The summed E-state index contributed by atoms with van der Waals surface area (Å²) in [7, 11) is 0. The number of benzene rings is 2. The van der Waals surface area contributed by atoms with Gasteiger partial charge in [0.2, 0.25) is 0 Å². The number of aliphatic carboxylic acids is 1. The number of nitriles is 1. The Hall–Kier alpha value is -3.81. The molecule has 0 radical (unpaired) electrons. The molecule has 32 heavy (non-hydrogen) atoms. The molecule has 0 fully saturated rings. The molecular weight excluding hydrogens is 461 g/mol. The molecule has 2 aromatic rings. The number of nitrogens with one attached hydrogen (secondary N) is 3. The van der Waals surface area contributed by atoms with E-state index in [-0.39, 0.29) is 27.7 Å². The molecule has 0 heterocycles. The summed E-state index contributed by atoms with van der Waals surface area (Å²) in [4.78, 5) is 47.0. The fraction of sp³-hybridized carbons (Fsp3) is 0.150. The van der Waals surface area contributed by atoms with Crippen molar-refractivity contribution in [3.63, 3.8) is 0 Å². The lowest BCUT2D eigenvalue weighted by Gasteiger charge is -2.16. The number of carboxylic acids is 1. The first-order chi connectivity index (χ1) is 15.1. The molecule has 0 spiro atoms. The minimum atomic E-state index is -1.49. The van der Waals surface area contributed by atoms with Crippen molar-refractivity contribution >= 4 is 47.0 Å². The number of hydrogen-bond acceptors (Lipinski definition) is 5. The third kappa shape index (κ3) is 6.60. The average molecular weight is 478 g/mol. The molecule has 0 saturated heterocycles. The molecule has 0 unspecified atom stereocenters. The Labute approximate surface area is 192 Å². The third-order valence-electron chi connectivity index (χ3n) is 4.12. The van der Waals surface area contributed by atoms with E-state index < -0.39 is 36.4 Å². The number of urea groups is 1. The molecule has 6 N–H and O–H groups in total. The van der Waals surface area contributed by atoms with Crippen LogP contribution in [0.25, 0.3) is 0 Å². The standard InChI is InChI=1S/C20H17Cl2N5O5/c21-13-5-12(17(28)25-8-11-3-1-2-10(4-11)7-23)6-14(22)16(13)18(29)27-15(19(30)31)9-26-20(24)32/h1-6,15H,8-9H2,(H,25,28)(H,27,29)(H,30,31)(H3,24,26,32)/t15-/m0/s1. The first-order valence-corrected chi connectivity index (χ1v) is 9.71. The summed E-state index contributed by atoms with van der Waals surface area (Å²) < 4.78 is 0. The molecule has 0 aromatic heterocycles. The second-order valence-corrected chi connectivity index (χ2v) is 7.23. The number of carbonyl (C=O) groups excluding carboxylic acids is 3. The normalized spacial score (nSPS) is 11.0. The maximum atomic E-state index is 12.5. The van der Waals surface area contributed by atoms with Gasteiger partial charge >= 0.3 is 12.0 Å². The SMILES string of the molecule is N#Cc1cccc(CNC(=O)c2cc(Cl)c(C(=O)N[C@@H](CNC(N)=O)C(=O)O)c(Cl)c2)c1. The van der Waals surface area contributed by atoms with Gasteiger partial charge in [0.15, 0.2) is 0 Å². The van der Waals surface area contributed by atoms with E-state index >= 15 is 0 Å². The summed E-state index contributed by atoms with van der Waals surface area (Å²) in [6.45, 7) is -0.321. The van der Waals surface area contributed by atoms with Gasteiger partial charge in [0.05, 0.1) is 33.8 Å². The van der Waals surface area contributed by atoms with Crippen LogP contribution in [0.15, 0.2) is 36.4 Å². The molecule has 2 rings (SSSR count). The van der Waals surface area contributed by atoms with E-state index in [2.05, 4.69) is 16.0 Å². The Morgan fingerprint density at radius 1 is 1.06 bits per heavy atom. The smallest absolute Gasteiger partial charge is 0.328 e. The molecule has 0 aliphatic carbocycles. The zero-order chi connectivity index (χ0) is 23.8. The van der Waals surface area contributed by atoms with Crippen LogP contribution >= 0.6 is 23.2 Å². The largest absolute Gasteiger partial charge is 0.480 e. The van der Waals surface area contributed by atoms with Crippen molar-refractivity contribution in [1.82, 2.24) is 16.0 Å². The number of primary amides is 1. The molecule has 10 nitrogen and oxygen atoms in total. The van der Waals surface area contributed by atoms with Crippen LogP contribution in [0.2, 0.25) is 10.0 Å². The molecule has 0 aliphatic rings. The Morgan fingerprint density at radius 2 is 1.72 bits per heavy atom. The number of carbonyl (C=O) groups is 4. The van der Waals surface area contributed by atoms with Gasteiger partial charge in [-0.15, -0.1) is 0 Å². The van der Waals surface area contributed by atoms with Gasteiger partial charge in [-0.1, -0.05) is 35.3 Å². The summed E-state index contributed by atoms with van der Waals surface area (Å²) in [5, 5.41) is 24.6. The Morgan fingerprint density at radius 3 is 2.28 bits per heavy atom. The number of amides is 4. The minimum absolute atomic E-state index is 0.0677. The van der Waals surface area contributed by atoms with Crippen LogP contribution in [0.3, 0.4) is 0 Å². The van der Waals surface area contributed by atoms with Gasteiger partial charge in [0.25, 0.3) is 11.8 Å². The summed E-state index contributed by atoms with van der Waals surface area (Å²) >= 11 is 12.2. The van der Waals surface area contributed by atoms with Crippen molar-refractivity contribution in [2.75, 3.05) is 6.54 Å². The molecular formula is C20H17Cl2N5O5. The van der Waals surface area contributed by atoms with E-state index in [0.29, 0.717) is 11.1 Å².